The average Bonchev–Trinajstić information content (AvgIpc) is 2.38. The average molecular weight is 236 g/mol. The van der Waals surface area contributed by atoms with Crippen molar-refractivity contribution in [2.75, 3.05) is 7.11 Å². The van der Waals surface area contributed by atoms with E-state index in [1.807, 2.05) is 18.2 Å². The van der Waals surface area contributed by atoms with Crippen LogP contribution in [0.3, 0.4) is 0 Å². The van der Waals surface area contributed by atoms with Gasteiger partial charge in [0.25, 0.3) is 0 Å². The molecule has 1 fully saturated rings. The van der Waals surface area contributed by atoms with Gasteiger partial charge in [-0.15, -0.1) is 0 Å². The molecule has 1 heterocycles. The topological polar surface area (TPSA) is 54.4 Å². The molecule has 1 aliphatic rings. The summed E-state index contributed by atoms with van der Waals surface area (Å²) in [7, 11) is 1.63. The summed E-state index contributed by atoms with van der Waals surface area (Å²) in [6.45, 7) is 0.762. The first kappa shape index (κ1) is 12.3. The molecular formula is C13H20N2O2. The number of hydrogen-bond donors (Lipinski definition) is 2. The third kappa shape index (κ3) is 3.68. The SMILES string of the molecule is COc1cccc(CNC2CCC(O)CC2)n1. The van der Waals surface area contributed by atoms with Crippen molar-refractivity contribution < 1.29 is 9.84 Å². The van der Waals surface area contributed by atoms with Crippen molar-refractivity contribution in [3.05, 3.63) is 23.9 Å². The molecule has 0 saturated heterocycles. The Morgan fingerprint density at radius 2 is 2.12 bits per heavy atom. The van der Waals surface area contributed by atoms with Crippen LogP contribution >= 0.6 is 0 Å². The van der Waals surface area contributed by atoms with Crippen molar-refractivity contribution in [2.45, 2.75) is 44.4 Å². The smallest absolute Gasteiger partial charge is 0.213 e. The number of aliphatic hydroxyl groups excluding tert-OH is 1. The minimum atomic E-state index is -0.0944. The van der Waals surface area contributed by atoms with Gasteiger partial charge in [-0.1, -0.05) is 6.07 Å². The largest absolute Gasteiger partial charge is 0.481 e. The predicted molar refractivity (Wildman–Crippen MR) is 65.9 cm³/mol. The van der Waals surface area contributed by atoms with Gasteiger partial charge in [0.15, 0.2) is 0 Å². The van der Waals surface area contributed by atoms with E-state index in [-0.39, 0.29) is 6.10 Å². The molecule has 2 rings (SSSR count). The first-order valence-electron chi connectivity index (χ1n) is 6.19. The van der Waals surface area contributed by atoms with Gasteiger partial charge in [0.05, 0.1) is 18.9 Å². The Hall–Kier alpha value is -1.13. The maximum atomic E-state index is 9.42. The van der Waals surface area contributed by atoms with Gasteiger partial charge in [-0.2, -0.15) is 0 Å². The highest BCUT2D eigenvalue weighted by Gasteiger charge is 2.18. The Kier molecular flexibility index (Phi) is 4.34. The van der Waals surface area contributed by atoms with E-state index in [0.29, 0.717) is 11.9 Å². The van der Waals surface area contributed by atoms with Crippen LogP contribution in [0.1, 0.15) is 31.4 Å². The van der Waals surface area contributed by atoms with Gasteiger partial charge in [0.1, 0.15) is 0 Å². The lowest BCUT2D eigenvalue weighted by Crippen LogP contribution is -2.34. The molecule has 0 radical (unpaired) electrons. The van der Waals surface area contributed by atoms with Crippen LogP contribution in [-0.2, 0) is 6.54 Å². The fourth-order valence-corrected chi connectivity index (χ4v) is 2.20. The normalized spacial score (nSPS) is 24.6. The second kappa shape index (κ2) is 5.98. The molecule has 0 spiro atoms. The Labute approximate surface area is 102 Å². The number of nitrogens with zero attached hydrogens (tertiary/aromatic N) is 1. The van der Waals surface area contributed by atoms with Crippen LogP contribution in [0.5, 0.6) is 5.88 Å². The molecular weight excluding hydrogens is 216 g/mol. The third-order valence-electron chi connectivity index (χ3n) is 3.26. The standard InChI is InChI=1S/C13H20N2O2/c1-17-13-4-2-3-11(15-13)9-14-10-5-7-12(16)8-6-10/h2-4,10,12,14,16H,5-9H2,1H3. The van der Waals surface area contributed by atoms with E-state index in [0.717, 1.165) is 37.9 Å². The van der Waals surface area contributed by atoms with Crippen molar-refractivity contribution in [3.63, 3.8) is 0 Å². The number of aromatic nitrogens is 1. The van der Waals surface area contributed by atoms with Crippen LogP contribution in [0.2, 0.25) is 0 Å². The minimum Gasteiger partial charge on any atom is -0.481 e. The number of ether oxygens (including phenoxy) is 1. The summed E-state index contributed by atoms with van der Waals surface area (Å²) in [4.78, 5) is 4.36. The Balaban J connectivity index is 1.81. The van der Waals surface area contributed by atoms with Crippen LogP contribution < -0.4 is 10.1 Å². The minimum absolute atomic E-state index is 0.0944. The van der Waals surface area contributed by atoms with Gasteiger partial charge in [0, 0.05) is 18.7 Å². The van der Waals surface area contributed by atoms with Crippen LogP contribution in [0.25, 0.3) is 0 Å². The molecule has 4 nitrogen and oxygen atoms in total. The Morgan fingerprint density at radius 1 is 1.35 bits per heavy atom. The lowest BCUT2D eigenvalue weighted by atomic mass is 9.93. The lowest BCUT2D eigenvalue weighted by molar-refractivity contribution is 0.116. The molecule has 2 N–H and O–H groups in total. The van der Waals surface area contributed by atoms with E-state index >= 15 is 0 Å². The number of rotatable bonds is 4. The molecule has 0 aromatic carbocycles. The molecule has 0 aliphatic heterocycles. The first-order chi connectivity index (χ1) is 8.28. The van der Waals surface area contributed by atoms with Crippen molar-refractivity contribution >= 4 is 0 Å². The van der Waals surface area contributed by atoms with Gasteiger partial charge in [0.2, 0.25) is 5.88 Å². The molecule has 0 amide bonds. The van der Waals surface area contributed by atoms with Crippen molar-refractivity contribution in [3.8, 4) is 5.88 Å². The van der Waals surface area contributed by atoms with E-state index in [9.17, 15) is 5.11 Å². The third-order valence-corrected chi connectivity index (χ3v) is 3.26. The van der Waals surface area contributed by atoms with Crippen LogP contribution in [0.15, 0.2) is 18.2 Å². The van der Waals surface area contributed by atoms with Crippen LogP contribution in [0, 0.1) is 0 Å². The van der Waals surface area contributed by atoms with Gasteiger partial charge in [-0.05, 0) is 31.7 Å². The Morgan fingerprint density at radius 3 is 2.82 bits per heavy atom. The van der Waals surface area contributed by atoms with Crippen molar-refractivity contribution in [1.82, 2.24) is 10.3 Å². The fourth-order valence-electron chi connectivity index (χ4n) is 2.20. The lowest BCUT2D eigenvalue weighted by Gasteiger charge is -2.26. The van der Waals surface area contributed by atoms with Crippen LogP contribution in [0.4, 0.5) is 0 Å². The molecule has 0 unspecified atom stereocenters. The zero-order chi connectivity index (χ0) is 12.1. The molecule has 4 heteroatoms. The highest BCUT2D eigenvalue weighted by molar-refractivity contribution is 5.15. The number of pyridine rings is 1. The predicted octanol–water partition coefficient (Wildman–Crippen LogP) is 1.48. The maximum absolute atomic E-state index is 9.42. The molecule has 1 aliphatic carbocycles. The summed E-state index contributed by atoms with van der Waals surface area (Å²) in [5.74, 6) is 0.656. The Bertz CT molecular complexity index is 349. The summed E-state index contributed by atoms with van der Waals surface area (Å²) in [6.07, 6.45) is 3.81. The van der Waals surface area contributed by atoms with E-state index in [1.54, 1.807) is 7.11 Å². The van der Waals surface area contributed by atoms with Crippen LogP contribution in [-0.4, -0.2) is 29.3 Å². The summed E-state index contributed by atoms with van der Waals surface area (Å²) >= 11 is 0. The van der Waals surface area contributed by atoms with Gasteiger partial charge in [-0.3, -0.25) is 0 Å². The zero-order valence-corrected chi connectivity index (χ0v) is 10.2. The number of methoxy groups -OCH3 is 1. The zero-order valence-electron chi connectivity index (χ0n) is 10.2. The molecule has 1 aromatic rings. The van der Waals surface area contributed by atoms with Crippen molar-refractivity contribution in [2.24, 2.45) is 0 Å². The second-order valence-electron chi connectivity index (χ2n) is 4.56. The quantitative estimate of drug-likeness (QED) is 0.831. The summed E-state index contributed by atoms with van der Waals surface area (Å²) in [5, 5.41) is 12.9. The molecule has 94 valence electrons. The molecule has 0 atom stereocenters. The van der Waals surface area contributed by atoms with E-state index in [1.165, 1.54) is 0 Å². The van der Waals surface area contributed by atoms with Gasteiger partial charge < -0.3 is 15.2 Å². The second-order valence-corrected chi connectivity index (χ2v) is 4.56. The highest BCUT2D eigenvalue weighted by Crippen LogP contribution is 2.18. The molecule has 0 bridgehead atoms. The first-order valence-corrected chi connectivity index (χ1v) is 6.19. The summed E-state index contributed by atoms with van der Waals surface area (Å²) in [6, 6.07) is 6.30. The highest BCUT2D eigenvalue weighted by atomic mass is 16.5. The number of nitrogens with one attached hydrogen (secondary N) is 1. The van der Waals surface area contributed by atoms with Gasteiger partial charge >= 0.3 is 0 Å². The molecule has 1 saturated carbocycles. The molecule has 1 aromatic heterocycles. The summed E-state index contributed by atoms with van der Waals surface area (Å²) in [5.41, 5.74) is 0.996. The fraction of sp³-hybridized carbons (Fsp3) is 0.615. The monoisotopic (exact) mass is 236 g/mol. The maximum Gasteiger partial charge on any atom is 0.213 e. The van der Waals surface area contributed by atoms with Crippen molar-refractivity contribution in [1.29, 1.82) is 0 Å². The number of aliphatic hydroxyl groups is 1. The van der Waals surface area contributed by atoms with E-state index in [4.69, 9.17) is 4.74 Å². The summed E-state index contributed by atoms with van der Waals surface area (Å²) < 4.78 is 5.09. The van der Waals surface area contributed by atoms with E-state index < -0.39 is 0 Å². The van der Waals surface area contributed by atoms with Gasteiger partial charge in [-0.25, -0.2) is 4.98 Å². The number of hydrogen-bond acceptors (Lipinski definition) is 4. The van der Waals surface area contributed by atoms with E-state index in [2.05, 4.69) is 10.3 Å². The molecule has 17 heavy (non-hydrogen) atoms.